The van der Waals surface area contributed by atoms with Crippen molar-refractivity contribution in [3.8, 4) is 21.9 Å². The second kappa shape index (κ2) is 11.5. The minimum Gasteiger partial charge on any atom is -0.421 e. The lowest BCUT2D eigenvalue weighted by atomic mass is 9.90. The molecule has 1 fully saturated rings. The van der Waals surface area contributed by atoms with E-state index in [9.17, 15) is 8.42 Å². The summed E-state index contributed by atoms with van der Waals surface area (Å²) in [5, 5.41) is 12.2. The van der Waals surface area contributed by atoms with Gasteiger partial charge in [0.15, 0.2) is 9.84 Å². The van der Waals surface area contributed by atoms with Crippen LogP contribution in [0.1, 0.15) is 73.6 Å². The van der Waals surface area contributed by atoms with E-state index in [4.69, 9.17) is 14.1 Å². The lowest BCUT2D eigenvalue weighted by Crippen LogP contribution is -2.11. The van der Waals surface area contributed by atoms with Crippen LogP contribution < -0.4 is 5.32 Å². The van der Waals surface area contributed by atoms with Crippen LogP contribution in [0.3, 0.4) is 0 Å². The predicted molar refractivity (Wildman–Crippen MR) is 174 cm³/mol. The third-order valence-corrected chi connectivity index (χ3v) is 12.5. The molecule has 2 aliphatic heterocycles. The number of aromatic nitrogens is 6. The lowest BCUT2D eigenvalue weighted by molar-refractivity contribution is 0.184. The molecule has 7 heterocycles. The molecule has 5 aromatic heterocycles. The molecule has 0 amide bonds. The summed E-state index contributed by atoms with van der Waals surface area (Å²) in [5.74, 6) is 1.72. The third-order valence-electron chi connectivity index (χ3n) is 9.51. The van der Waals surface area contributed by atoms with Crippen molar-refractivity contribution in [2.24, 2.45) is 11.8 Å². The quantitative estimate of drug-likeness (QED) is 0.206. The van der Waals surface area contributed by atoms with E-state index in [1.165, 1.54) is 16.9 Å². The maximum Gasteiger partial charge on any atom is 0.250 e. The van der Waals surface area contributed by atoms with E-state index in [1.807, 2.05) is 18.3 Å². The van der Waals surface area contributed by atoms with Gasteiger partial charge in [-0.3, -0.25) is 9.97 Å². The van der Waals surface area contributed by atoms with E-state index >= 15 is 0 Å². The zero-order valence-electron chi connectivity index (χ0n) is 26.0. The molecule has 8 rings (SSSR count). The van der Waals surface area contributed by atoms with Gasteiger partial charge in [0, 0.05) is 48.4 Å². The van der Waals surface area contributed by atoms with E-state index in [0.29, 0.717) is 40.9 Å². The summed E-state index contributed by atoms with van der Waals surface area (Å²) in [5.41, 5.74) is 5.61. The molecule has 0 saturated carbocycles. The van der Waals surface area contributed by atoms with Crippen LogP contribution in [0.2, 0.25) is 0 Å². The Balaban J connectivity index is 1.32. The first kappa shape index (κ1) is 29.6. The molecule has 11 nitrogen and oxygen atoms in total. The number of anilines is 1. The number of nitrogens with zero attached hydrogens (tertiary/aromatic N) is 6. The van der Waals surface area contributed by atoms with Gasteiger partial charge in [0.05, 0.1) is 43.9 Å². The van der Waals surface area contributed by atoms with E-state index in [-0.39, 0.29) is 34.4 Å². The van der Waals surface area contributed by atoms with Crippen molar-refractivity contribution < 1.29 is 17.6 Å². The highest BCUT2D eigenvalue weighted by molar-refractivity contribution is 7.92. The second-order valence-corrected chi connectivity index (χ2v) is 15.9. The topological polar surface area (TPSA) is 146 Å². The van der Waals surface area contributed by atoms with Gasteiger partial charge in [0.2, 0.25) is 11.8 Å². The van der Waals surface area contributed by atoms with Crippen molar-refractivity contribution in [2.75, 3.05) is 24.3 Å². The normalized spacial score (nSPS) is 21.7. The molecular weight excluding hydrogens is 623 g/mol. The largest absolute Gasteiger partial charge is 0.421 e. The molecule has 1 aliphatic carbocycles. The molecule has 0 spiro atoms. The standard InChI is InChI=1S/C33H35N7O4S2/c1-17(2)21-15-46(41,42)31-28(27(33-40-39-18(3)44-33)24(37-29(21)31)7-6-19-10-12-43-14-19)26-13-25-30(45-26)32(36-16-35-25)38-23-9-8-22-20(23)5-4-11-34-22/h4-5,11,13,16-17,19,21,23H,6-10,12,14-15H2,1-3H3,(H,35,36,38). The molecule has 13 heteroatoms. The van der Waals surface area contributed by atoms with Crippen molar-refractivity contribution >= 4 is 37.2 Å². The molecule has 0 bridgehead atoms. The van der Waals surface area contributed by atoms with E-state index in [0.717, 1.165) is 65.4 Å². The van der Waals surface area contributed by atoms with E-state index in [2.05, 4.69) is 50.4 Å². The van der Waals surface area contributed by atoms with Crippen LogP contribution >= 0.6 is 11.3 Å². The number of ether oxygens (including phenoxy) is 1. The minimum atomic E-state index is -3.67. The summed E-state index contributed by atoms with van der Waals surface area (Å²) in [6, 6.07) is 6.11. The Morgan fingerprint density at radius 2 is 2.02 bits per heavy atom. The number of thiophene rings is 1. The first-order chi connectivity index (χ1) is 22.3. The Morgan fingerprint density at radius 1 is 1.13 bits per heavy atom. The number of pyridine rings is 2. The second-order valence-electron chi connectivity index (χ2n) is 12.9. The van der Waals surface area contributed by atoms with Crippen LogP contribution in [0.5, 0.6) is 0 Å². The summed E-state index contributed by atoms with van der Waals surface area (Å²) in [6.07, 6.45) is 7.72. The predicted octanol–water partition coefficient (Wildman–Crippen LogP) is 6.10. The number of aryl methyl sites for hydroxylation is 3. The fraction of sp³-hybridized carbons (Fsp3) is 0.455. The van der Waals surface area contributed by atoms with Crippen LogP contribution in [-0.4, -0.2) is 57.5 Å². The average Bonchev–Trinajstić information content (AvgIpc) is 3.87. The number of rotatable bonds is 8. The highest BCUT2D eigenvalue weighted by atomic mass is 32.2. The zero-order valence-corrected chi connectivity index (χ0v) is 27.6. The SMILES string of the molecule is Cc1nnc(-c2c(CCC3CCOC3)nc3c(c2-c2cc4ncnc(NC5CCc6ncccc65)c4s2)S(=O)(=O)CC3C(C)C)o1. The number of hydrogen-bond donors (Lipinski definition) is 1. The van der Waals surface area contributed by atoms with Gasteiger partial charge in [-0.05, 0) is 61.6 Å². The van der Waals surface area contributed by atoms with Gasteiger partial charge in [-0.25, -0.2) is 18.4 Å². The molecule has 238 valence electrons. The van der Waals surface area contributed by atoms with Crippen molar-refractivity contribution in [3.63, 3.8) is 0 Å². The van der Waals surface area contributed by atoms with Gasteiger partial charge in [-0.15, -0.1) is 21.5 Å². The third kappa shape index (κ3) is 5.08. The molecule has 3 aliphatic rings. The van der Waals surface area contributed by atoms with E-state index in [1.54, 1.807) is 13.3 Å². The van der Waals surface area contributed by atoms with Crippen molar-refractivity contribution in [3.05, 3.63) is 59.3 Å². The maximum atomic E-state index is 14.1. The summed E-state index contributed by atoms with van der Waals surface area (Å²) >= 11 is 1.48. The summed E-state index contributed by atoms with van der Waals surface area (Å²) < 4.78 is 40.7. The highest BCUT2D eigenvalue weighted by Gasteiger charge is 2.43. The molecule has 1 N–H and O–H groups in total. The van der Waals surface area contributed by atoms with Crippen LogP contribution in [0.4, 0.5) is 5.82 Å². The summed E-state index contributed by atoms with van der Waals surface area (Å²) in [4.78, 5) is 20.0. The van der Waals surface area contributed by atoms with Gasteiger partial charge in [0.25, 0.3) is 0 Å². The van der Waals surface area contributed by atoms with Gasteiger partial charge in [-0.2, -0.15) is 0 Å². The van der Waals surface area contributed by atoms with Gasteiger partial charge >= 0.3 is 0 Å². The van der Waals surface area contributed by atoms with Crippen molar-refractivity contribution in [1.82, 2.24) is 30.1 Å². The van der Waals surface area contributed by atoms with Gasteiger partial charge in [0.1, 0.15) is 12.1 Å². The van der Waals surface area contributed by atoms with E-state index < -0.39 is 9.84 Å². The Bertz CT molecular complexity index is 2070. The highest BCUT2D eigenvalue weighted by Crippen LogP contribution is 2.51. The number of fused-ring (bicyclic) bond motifs is 3. The molecule has 1 saturated heterocycles. The average molecular weight is 658 g/mol. The van der Waals surface area contributed by atoms with Crippen LogP contribution in [-0.2, 0) is 27.4 Å². The number of hydrogen-bond acceptors (Lipinski definition) is 12. The molecule has 5 aromatic rings. The molecule has 0 aromatic carbocycles. The fourth-order valence-electron chi connectivity index (χ4n) is 7.12. The van der Waals surface area contributed by atoms with Crippen molar-refractivity contribution in [1.29, 1.82) is 0 Å². The first-order valence-corrected chi connectivity index (χ1v) is 18.4. The molecule has 3 atom stereocenters. The minimum absolute atomic E-state index is 0.0227. The van der Waals surface area contributed by atoms with Crippen LogP contribution in [0, 0.1) is 18.8 Å². The first-order valence-electron chi connectivity index (χ1n) is 15.9. The molecular formula is C33H35N7O4S2. The van der Waals surface area contributed by atoms with Crippen molar-refractivity contribution in [2.45, 2.75) is 69.7 Å². The van der Waals surface area contributed by atoms with Crippen LogP contribution in [0.25, 0.3) is 32.1 Å². The Hall–Kier alpha value is -3.81. The Kier molecular flexibility index (Phi) is 7.37. The fourth-order valence-corrected chi connectivity index (χ4v) is 10.5. The van der Waals surface area contributed by atoms with Gasteiger partial charge in [-0.1, -0.05) is 19.9 Å². The summed E-state index contributed by atoms with van der Waals surface area (Å²) in [6.45, 7) is 7.35. The molecule has 0 radical (unpaired) electrons. The monoisotopic (exact) mass is 657 g/mol. The smallest absolute Gasteiger partial charge is 0.250 e. The number of nitrogens with one attached hydrogen (secondary N) is 1. The zero-order chi connectivity index (χ0) is 31.6. The molecule has 46 heavy (non-hydrogen) atoms. The number of sulfone groups is 1. The van der Waals surface area contributed by atoms with Gasteiger partial charge < -0.3 is 14.5 Å². The van der Waals surface area contributed by atoms with Crippen LogP contribution in [0.15, 0.2) is 40.0 Å². The Labute approximate surface area is 271 Å². The lowest BCUT2D eigenvalue weighted by Gasteiger charge is -2.19. The maximum absolute atomic E-state index is 14.1. The summed E-state index contributed by atoms with van der Waals surface area (Å²) in [7, 11) is -3.67. The molecule has 3 unspecified atom stereocenters. The Morgan fingerprint density at radius 3 is 2.80 bits per heavy atom.